The topological polar surface area (TPSA) is 211 Å². The molecular weight excluding hydrogens is 819 g/mol. The minimum absolute atomic E-state index is 0.0547. The molecule has 15 atom stereocenters. The number of rotatable bonds is 5. The molecule has 1 aliphatic carbocycles. The minimum atomic E-state index is -2.48. The van der Waals surface area contributed by atoms with Crippen molar-refractivity contribution in [3.05, 3.63) is 59.8 Å². The number of aliphatic hydroxyl groups is 6. The summed E-state index contributed by atoms with van der Waals surface area (Å²) in [7, 11) is 0. The molecule has 0 aromatic rings. The highest BCUT2D eigenvalue weighted by molar-refractivity contribution is 6.39. The monoisotopic (exact) mass is 898 g/mol. The van der Waals surface area contributed by atoms with Crippen molar-refractivity contribution >= 4 is 23.4 Å². The van der Waals surface area contributed by atoms with E-state index in [0.29, 0.717) is 74.5 Å². The Labute approximate surface area is 381 Å². The number of nitrogens with zero attached hydrogens (tertiary/aromatic N) is 1. The van der Waals surface area contributed by atoms with Crippen molar-refractivity contribution in [2.24, 2.45) is 47.3 Å². The van der Waals surface area contributed by atoms with Crippen LogP contribution >= 0.6 is 0 Å². The van der Waals surface area contributed by atoms with Gasteiger partial charge in [0.05, 0.1) is 31.0 Å². The van der Waals surface area contributed by atoms with Crippen LogP contribution in [-0.2, 0) is 28.7 Å². The standard InChI is InChI=1S/C51H79NO12/c1-30-14-10-9-11-15-31(2)44(56)26-40-19-17-36(7)51(62,64-40)48(59)49(60)52-21-13-12-16-42(52)50(61)63-46(34(5)24-38-18-20-43(55)39(25-38)28-53)27-45(57)33(4)23-35(6)47(58)41(29-54)37(8)32(3)22-30/h9-11,14-15,23,30,32-34,36,38-44,46-47,53-56,58,62H,8,12-13,16-22,24-29H2,1-7H3/b11-9+,14-10+,31-15+,35-23+/t30-,32-,33-,34-,36-,38+,39+,40+,41+,42+,43-,44?,46+,47-,51+/m1/s1. The highest BCUT2D eigenvalue weighted by Crippen LogP contribution is 2.38. The van der Waals surface area contributed by atoms with Gasteiger partial charge in [0.2, 0.25) is 5.79 Å². The highest BCUT2D eigenvalue weighted by Gasteiger charge is 2.53. The average Bonchev–Trinajstić information content (AvgIpc) is 3.26. The molecule has 6 N–H and O–H groups in total. The number of hydrogen-bond acceptors (Lipinski definition) is 12. The van der Waals surface area contributed by atoms with E-state index < -0.39 is 77.8 Å². The van der Waals surface area contributed by atoms with Gasteiger partial charge in [-0.25, -0.2) is 4.79 Å². The van der Waals surface area contributed by atoms with Gasteiger partial charge in [-0.15, -0.1) is 0 Å². The van der Waals surface area contributed by atoms with Crippen LogP contribution < -0.4 is 0 Å². The van der Waals surface area contributed by atoms with Crippen molar-refractivity contribution < 1.29 is 59.3 Å². The number of cyclic esters (lactones) is 1. The maximum Gasteiger partial charge on any atom is 0.329 e. The van der Waals surface area contributed by atoms with Gasteiger partial charge in [0, 0.05) is 49.7 Å². The second-order valence-electron chi connectivity index (χ2n) is 19.9. The fraction of sp³-hybridized carbons (Fsp3) is 0.725. The van der Waals surface area contributed by atoms with E-state index in [1.54, 1.807) is 39.8 Å². The van der Waals surface area contributed by atoms with Gasteiger partial charge < -0.3 is 45.0 Å². The number of Topliss-reactive ketones (excluding diaryl/α,β-unsaturated/α-hetero) is 2. The summed E-state index contributed by atoms with van der Waals surface area (Å²) in [5.74, 6) is -8.35. The summed E-state index contributed by atoms with van der Waals surface area (Å²) in [6.45, 7) is 16.6. The molecule has 3 fully saturated rings. The van der Waals surface area contributed by atoms with Crippen molar-refractivity contribution in [2.75, 3.05) is 19.8 Å². The summed E-state index contributed by atoms with van der Waals surface area (Å²) in [6.07, 6.45) is 11.8. The second kappa shape index (κ2) is 24.5. The van der Waals surface area contributed by atoms with E-state index in [0.717, 1.165) is 4.90 Å². The molecular formula is C51H79NO12. The lowest BCUT2D eigenvalue weighted by Crippen LogP contribution is -2.61. The number of esters is 1. The zero-order valence-corrected chi connectivity index (χ0v) is 39.4. The minimum Gasteiger partial charge on any atom is -0.460 e. The Balaban J connectivity index is 1.69. The van der Waals surface area contributed by atoms with Crippen molar-refractivity contribution in [2.45, 2.75) is 168 Å². The van der Waals surface area contributed by atoms with Crippen molar-refractivity contribution in [3.63, 3.8) is 0 Å². The number of amides is 1. The predicted octanol–water partition coefficient (Wildman–Crippen LogP) is 5.70. The van der Waals surface area contributed by atoms with Gasteiger partial charge in [-0.05, 0) is 113 Å². The molecule has 64 heavy (non-hydrogen) atoms. The number of ether oxygens (including phenoxy) is 2. The Morgan fingerprint density at radius 2 is 1.59 bits per heavy atom. The van der Waals surface area contributed by atoms with Gasteiger partial charge in [0.1, 0.15) is 17.9 Å². The fourth-order valence-corrected chi connectivity index (χ4v) is 10.2. The van der Waals surface area contributed by atoms with E-state index in [1.165, 1.54) is 0 Å². The van der Waals surface area contributed by atoms with E-state index in [-0.39, 0.29) is 74.4 Å². The predicted molar refractivity (Wildman–Crippen MR) is 244 cm³/mol. The number of hydrogen-bond donors (Lipinski definition) is 6. The van der Waals surface area contributed by atoms with E-state index in [4.69, 9.17) is 9.47 Å². The van der Waals surface area contributed by atoms with Gasteiger partial charge in [0.25, 0.3) is 11.7 Å². The number of fused-ring (bicyclic) bond motifs is 3. The Morgan fingerprint density at radius 3 is 2.28 bits per heavy atom. The number of carbonyl (C=O) groups excluding carboxylic acids is 4. The Kier molecular flexibility index (Phi) is 20.4. The van der Waals surface area contributed by atoms with Gasteiger partial charge >= 0.3 is 5.97 Å². The smallest absolute Gasteiger partial charge is 0.329 e. The Bertz CT molecular complexity index is 1740. The van der Waals surface area contributed by atoms with E-state index >= 15 is 0 Å². The molecule has 0 aromatic carbocycles. The van der Waals surface area contributed by atoms with Crippen molar-refractivity contribution in [3.8, 4) is 0 Å². The van der Waals surface area contributed by atoms with Crippen molar-refractivity contribution in [1.29, 1.82) is 0 Å². The summed E-state index contributed by atoms with van der Waals surface area (Å²) in [5, 5.41) is 65.3. The molecule has 4 rings (SSSR count). The van der Waals surface area contributed by atoms with Crippen LogP contribution in [-0.4, -0.2) is 121 Å². The first kappa shape index (κ1) is 53.3. The zero-order valence-electron chi connectivity index (χ0n) is 39.4. The molecule has 1 saturated carbocycles. The quantitative estimate of drug-likeness (QED) is 0.112. The molecule has 0 spiro atoms. The first-order chi connectivity index (χ1) is 30.2. The molecule has 3 heterocycles. The fourth-order valence-electron chi connectivity index (χ4n) is 10.2. The molecule has 3 aliphatic heterocycles. The number of aliphatic hydroxyl groups excluding tert-OH is 5. The first-order valence-corrected chi connectivity index (χ1v) is 23.8. The molecule has 1 amide bonds. The summed E-state index contributed by atoms with van der Waals surface area (Å²) in [6, 6.07) is -1.16. The molecule has 13 nitrogen and oxygen atoms in total. The summed E-state index contributed by atoms with van der Waals surface area (Å²) in [5.41, 5.74) is 1.83. The van der Waals surface area contributed by atoms with Gasteiger partial charge in [-0.3, -0.25) is 14.4 Å². The summed E-state index contributed by atoms with van der Waals surface area (Å²) < 4.78 is 12.3. The van der Waals surface area contributed by atoms with E-state index in [9.17, 15) is 49.8 Å². The molecule has 0 radical (unpaired) electrons. The van der Waals surface area contributed by atoms with Crippen LogP contribution in [0.5, 0.6) is 0 Å². The SMILES string of the molecule is C=C1[C@H](C)C[C@H](C)/C=C/C=C/C=C(\C)C(O)C[C@@H]2CC[C@@H](C)[C@](O)(O2)C(=O)C(=O)N2CCCC[C@H]2C(=O)O[C@H]([C@H](C)C[C@@H]2CC[C@@H](O)[C@H](CO)C2)CC(=O)[C@H](C)/C=C(\C)[C@@H](O)[C@H]1CO. The molecule has 0 aromatic heterocycles. The summed E-state index contributed by atoms with van der Waals surface area (Å²) in [4.78, 5) is 57.8. The summed E-state index contributed by atoms with van der Waals surface area (Å²) >= 11 is 0. The third-order valence-corrected chi connectivity index (χ3v) is 14.7. The maximum atomic E-state index is 14.3. The van der Waals surface area contributed by atoms with Crippen LogP contribution in [0.3, 0.4) is 0 Å². The maximum absolute atomic E-state index is 14.3. The first-order valence-electron chi connectivity index (χ1n) is 23.8. The molecule has 2 bridgehead atoms. The van der Waals surface area contributed by atoms with Gasteiger partial charge in [-0.2, -0.15) is 0 Å². The van der Waals surface area contributed by atoms with Crippen LogP contribution in [0.2, 0.25) is 0 Å². The molecule has 4 aliphatic rings. The van der Waals surface area contributed by atoms with Crippen LogP contribution in [0.4, 0.5) is 0 Å². The molecule has 360 valence electrons. The molecule has 1 unspecified atom stereocenters. The lowest BCUT2D eigenvalue weighted by Gasteiger charge is -2.42. The number of carbonyl (C=O) groups is 4. The van der Waals surface area contributed by atoms with E-state index in [1.807, 2.05) is 38.2 Å². The molecule has 13 heteroatoms. The number of allylic oxidation sites excluding steroid dienone is 6. The lowest BCUT2D eigenvalue weighted by atomic mass is 9.75. The third kappa shape index (κ3) is 13.9. The van der Waals surface area contributed by atoms with Crippen molar-refractivity contribution in [1.82, 2.24) is 4.90 Å². The number of ketones is 2. The third-order valence-electron chi connectivity index (χ3n) is 14.7. The number of piperidine rings is 1. The normalized spacial score (nSPS) is 40.9. The van der Waals surface area contributed by atoms with E-state index in [2.05, 4.69) is 13.5 Å². The van der Waals surface area contributed by atoms with Gasteiger partial charge in [-0.1, -0.05) is 83.2 Å². The lowest BCUT2D eigenvalue weighted by molar-refractivity contribution is -0.265. The Hall–Kier alpha value is -3.30. The van der Waals surface area contributed by atoms with Crippen LogP contribution in [0, 0.1) is 47.3 Å². The van der Waals surface area contributed by atoms with Crippen LogP contribution in [0.25, 0.3) is 0 Å². The highest BCUT2D eigenvalue weighted by atomic mass is 16.6. The largest absolute Gasteiger partial charge is 0.460 e. The Morgan fingerprint density at radius 1 is 0.875 bits per heavy atom. The average molecular weight is 898 g/mol. The van der Waals surface area contributed by atoms with Crippen LogP contribution in [0.1, 0.15) is 126 Å². The van der Waals surface area contributed by atoms with Crippen LogP contribution in [0.15, 0.2) is 59.8 Å². The second-order valence-corrected chi connectivity index (χ2v) is 19.9. The zero-order chi connectivity index (χ0) is 47.5. The molecule has 2 saturated heterocycles. The van der Waals surface area contributed by atoms with Gasteiger partial charge in [0.15, 0.2) is 0 Å².